The van der Waals surface area contributed by atoms with E-state index in [9.17, 15) is 4.79 Å². The van der Waals surface area contributed by atoms with E-state index in [0.717, 1.165) is 25.2 Å². The van der Waals surface area contributed by atoms with Crippen molar-refractivity contribution < 1.29 is 4.79 Å². The molecule has 5 heteroatoms. The first-order valence-electron chi connectivity index (χ1n) is 6.67. The Bertz CT molecular complexity index is 406. The van der Waals surface area contributed by atoms with Crippen LogP contribution in [-0.2, 0) is 0 Å². The van der Waals surface area contributed by atoms with E-state index in [2.05, 4.69) is 41.4 Å². The summed E-state index contributed by atoms with van der Waals surface area (Å²) in [6.07, 6.45) is 2.71. The van der Waals surface area contributed by atoms with E-state index < -0.39 is 0 Å². The van der Waals surface area contributed by atoms with E-state index >= 15 is 0 Å². The van der Waals surface area contributed by atoms with Gasteiger partial charge in [-0.25, -0.2) is 0 Å². The summed E-state index contributed by atoms with van der Waals surface area (Å²) in [5.74, 6) is -0.164. The van der Waals surface area contributed by atoms with Crippen LogP contribution in [0.4, 0.5) is 5.69 Å². The first-order valence-corrected chi connectivity index (χ1v) is 6.67. The number of hydrogen-bond donors (Lipinski definition) is 2. The van der Waals surface area contributed by atoms with Gasteiger partial charge in [0.25, 0.3) is 5.91 Å². The molecule has 1 aromatic heterocycles. The molecule has 0 radical (unpaired) electrons. The van der Waals surface area contributed by atoms with Gasteiger partial charge in [0.15, 0.2) is 0 Å². The third-order valence-corrected chi connectivity index (χ3v) is 3.12. The largest absolute Gasteiger partial charge is 0.385 e. The van der Waals surface area contributed by atoms with Crippen LogP contribution in [0, 0.1) is 0 Å². The molecule has 0 unspecified atom stereocenters. The monoisotopic (exact) mass is 264 g/mol. The fraction of sp³-hybridized carbons (Fsp3) is 0.571. The molecule has 0 aromatic carbocycles. The first kappa shape index (κ1) is 15.4. The van der Waals surface area contributed by atoms with Crippen molar-refractivity contribution in [3.05, 3.63) is 24.0 Å². The minimum atomic E-state index is -0.164. The Balaban J connectivity index is 2.39. The average molecular weight is 264 g/mol. The van der Waals surface area contributed by atoms with E-state index in [4.69, 9.17) is 0 Å². The highest BCUT2D eigenvalue weighted by atomic mass is 16.1. The maximum absolute atomic E-state index is 11.5. The van der Waals surface area contributed by atoms with Crippen molar-refractivity contribution in [3.63, 3.8) is 0 Å². The summed E-state index contributed by atoms with van der Waals surface area (Å²) in [6, 6.07) is 4.21. The molecule has 19 heavy (non-hydrogen) atoms. The molecule has 5 nitrogen and oxygen atoms in total. The molecule has 1 amide bonds. The average Bonchev–Trinajstić information content (AvgIpc) is 2.42. The second-order valence-corrected chi connectivity index (χ2v) is 4.86. The van der Waals surface area contributed by atoms with Gasteiger partial charge in [-0.05, 0) is 46.0 Å². The number of amides is 1. The Hall–Kier alpha value is -1.62. The number of nitrogens with zero attached hydrogens (tertiary/aromatic N) is 2. The van der Waals surface area contributed by atoms with Gasteiger partial charge in [-0.1, -0.05) is 0 Å². The predicted molar refractivity (Wildman–Crippen MR) is 78.5 cm³/mol. The lowest BCUT2D eigenvalue weighted by Crippen LogP contribution is -2.28. The van der Waals surface area contributed by atoms with E-state index in [-0.39, 0.29) is 5.91 Å². The van der Waals surface area contributed by atoms with Crippen molar-refractivity contribution in [1.29, 1.82) is 0 Å². The zero-order valence-electron chi connectivity index (χ0n) is 12.2. The van der Waals surface area contributed by atoms with Crippen LogP contribution in [0.3, 0.4) is 0 Å². The Morgan fingerprint density at radius 1 is 1.47 bits per heavy atom. The molecule has 0 atom stereocenters. The van der Waals surface area contributed by atoms with Gasteiger partial charge in [-0.3, -0.25) is 9.78 Å². The molecular weight excluding hydrogens is 240 g/mol. The minimum Gasteiger partial charge on any atom is -0.385 e. The molecule has 0 saturated heterocycles. The Kier molecular flexibility index (Phi) is 6.29. The third-order valence-electron chi connectivity index (χ3n) is 3.12. The number of carbonyl (C=O) groups excluding carboxylic acids is 1. The molecule has 1 rings (SSSR count). The molecule has 0 aliphatic heterocycles. The van der Waals surface area contributed by atoms with Crippen molar-refractivity contribution in [2.75, 3.05) is 32.5 Å². The SMILES string of the molecule is CNC(=O)c1cc(NCCCN(C)C(C)C)ccn1. The highest BCUT2D eigenvalue weighted by Gasteiger charge is 2.05. The van der Waals surface area contributed by atoms with E-state index in [1.165, 1.54) is 0 Å². The molecule has 0 aliphatic carbocycles. The van der Waals surface area contributed by atoms with Crippen LogP contribution in [0.15, 0.2) is 18.3 Å². The Morgan fingerprint density at radius 2 is 2.21 bits per heavy atom. The molecule has 0 spiro atoms. The molecule has 0 saturated carbocycles. The number of hydrogen-bond acceptors (Lipinski definition) is 4. The second kappa shape index (κ2) is 7.74. The fourth-order valence-electron chi connectivity index (χ4n) is 1.61. The van der Waals surface area contributed by atoms with Crippen molar-refractivity contribution in [2.24, 2.45) is 0 Å². The smallest absolute Gasteiger partial charge is 0.269 e. The molecule has 0 bridgehead atoms. The molecule has 0 fully saturated rings. The third kappa shape index (κ3) is 5.26. The first-order chi connectivity index (χ1) is 9.04. The molecule has 0 aliphatic rings. The molecule has 106 valence electrons. The Labute approximate surface area is 115 Å². The number of rotatable bonds is 7. The summed E-state index contributed by atoms with van der Waals surface area (Å²) in [6.45, 7) is 6.31. The van der Waals surface area contributed by atoms with E-state index in [1.807, 2.05) is 6.07 Å². The molecule has 2 N–H and O–H groups in total. The summed E-state index contributed by atoms with van der Waals surface area (Å²) in [7, 11) is 3.73. The van der Waals surface area contributed by atoms with Gasteiger partial charge in [0.2, 0.25) is 0 Å². The van der Waals surface area contributed by atoms with Gasteiger partial charge < -0.3 is 15.5 Å². The van der Waals surface area contributed by atoms with Gasteiger partial charge in [0, 0.05) is 31.5 Å². The van der Waals surface area contributed by atoms with Gasteiger partial charge in [-0.2, -0.15) is 0 Å². The second-order valence-electron chi connectivity index (χ2n) is 4.86. The van der Waals surface area contributed by atoms with Crippen LogP contribution >= 0.6 is 0 Å². The van der Waals surface area contributed by atoms with Crippen LogP contribution in [0.1, 0.15) is 30.8 Å². The van der Waals surface area contributed by atoms with Crippen LogP contribution in [-0.4, -0.2) is 49.0 Å². The Morgan fingerprint density at radius 3 is 2.84 bits per heavy atom. The highest BCUT2D eigenvalue weighted by Crippen LogP contribution is 2.08. The molecule has 1 aromatic rings. The summed E-state index contributed by atoms with van der Waals surface area (Å²) in [4.78, 5) is 17.8. The highest BCUT2D eigenvalue weighted by molar-refractivity contribution is 5.92. The van der Waals surface area contributed by atoms with Gasteiger partial charge in [0.05, 0.1) is 0 Å². The summed E-state index contributed by atoms with van der Waals surface area (Å²) in [5.41, 5.74) is 1.37. The minimum absolute atomic E-state index is 0.164. The zero-order chi connectivity index (χ0) is 14.3. The number of nitrogens with one attached hydrogen (secondary N) is 2. The quantitative estimate of drug-likeness (QED) is 0.734. The van der Waals surface area contributed by atoms with Crippen LogP contribution in [0.2, 0.25) is 0 Å². The lowest BCUT2D eigenvalue weighted by atomic mass is 10.3. The maximum atomic E-state index is 11.5. The normalized spacial score (nSPS) is 10.8. The van der Waals surface area contributed by atoms with Crippen molar-refractivity contribution >= 4 is 11.6 Å². The number of anilines is 1. The van der Waals surface area contributed by atoms with Crippen molar-refractivity contribution in [1.82, 2.24) is 15.2 Å². The summed E-state index contributed by atoms with van der Waals surface area (Å²) in [5, 5.41) is 5.88. The lowest BCUT2D eigenvalue weighted by Gasteiger charge is -2.20. The van der Waals surface area contributed by atoms with Crippen LogP contribution in [0.25, 0.3) is 0 Å². The van der Waals surface area contributed by atoms with Crippen molar-refractivity contribution in [3.8, 4) is 0 Å². The van der Waals surface area contributed by atoms with Gasteiger partial charge in [-0.15, -0.1) is 0 Å². The topological polar surface area (TPSA) is 57.3 Å². The summed E-state index contributed by atoms with van der Waals surface area (Å²) < 4.78 is 0. The number of aromatic nitrogens is 1. The van der Waals surface area contributed by atoms with Gasteiger partial charge in [0.1, 0.15) is 5.69 Å². The van der Waals surface area contributed by atoms with Crippen LogP contribution in [0.5, 0.6) is 0 Å². The standard InChI is InChI=1S/C14H24N4O/c1-11(2)18(4)9-5-7-16-12-6-8-17-13(10-12)14(19)15-3/h6,8,10-11H,5,7,9H2,1-4H3,(H,15,19)(H,16,17). The van der Waals surface area contributed by atoms with Crippen LogP contribution < -0.4 is 10.6 Å². The predicted octanol–water partition coefficient (Wildman–Crippen LogP) is 1.58. The number of pyridine rings is 1. The zero-order valence-corrected chi connectivity index (χ0v) is 12.2. The maximum Gasteiger partial charge on any atom is 0.269 e. The number of carbonyl (C=O) groups is 1. The fourth-order valence-corrected chi connectivity index (χ4v) is 1.61. The van der Waals surface area contributed by atoms with Gasteiger partial charge >= 0.3 is 0 Å². The lowest BCUT2D eigenvalue weighted by molar-refractivity contribution is 0.0958. The van der Waals surface area contributed by atoms with Crippen molar-refractivity contribution in [2.45, 2.75) is 26.3 Å². The summed E-state index contributed by atoms with van der Waals surface area (Å²) >= 11 is 0. The van der Waals surface area contributed by atoms with E-state index in [0.29, 0.717) is 11.7 Å². The molecular formula is C14H24N4O. The molecule has 1 heterocycles. The van der Waals surface area contributed by atoms with E-state index in [1.54, 1.807) is 19.3 Å².